The fourth-order valence-electron chi connectivity index (χ4n) is 2.93. The van der Waals surface area contributed by atoms with Crippen molar-refractivity contribution in [2.24, 2.45) is 17.1 Å². The van der Waals surface area contributed by atoms with Gasteiger partial charge in [0.1, 0.15) is 5.75 Å². The molecule has 0 bridgehead atoms. The highest BCUT2D eigenvalue weighted by Crippen LogP contribution is 2.64. The summed E-state index contributed by atoms with van der Waals surface area (Å²) in [4.78, 5) is 0. The van der Waals surface area contributed by atoms with Gasteiger partial charge in [-0.3, -0.25) is 0 Å². The zero-order valence-electron chi connectivity index (χ0n) is 10.6. The number of hydrogen-bond acceptors (Lipinski definition) is 2. The number of ether oxygens (including phenoxy) is 1. The lowest BCUT2D eigenvalue weighted by Crippen LogP contribution is -2.05. The maximum atomic E-state index is 5.82. The minimum absolute atomic E-state index is 0.355. The lowest BCUT2D eigenvalue weighted by atomic mass is 9.99. The second kappa shape index (κ2) is 3.77. The van der Waals surface area contributed by atoms with E-state index in [-0.39, 0.29) is 0 Å². The average molecular weight is 219 g/mol. The van der Waals surface area contributed by atoms with Gasteiger partial charge in [0.25, 0.3) is 0 Å². The first-order valence-electron chi connectivity index (χ1n) is 5.87. The molecule has 2 atom stereocenters. The summed E-state index contributed by atoms with van der Waals surface area (Å²) in [6, 6.07) is 6.35. The minimum atomic E-state index is 0.355. The fraction of sp³-hybridized carbons (Fsp3) is 0.571. The number of benzene rings is 1. The molecular weight excluding hydrogens is 198 g/mol. The molecule has 0 radical (unpaired) electrons. The molecule has 0 saturated heterocycles. The predicted octanol–water partition coefficient (Wildman–Crippen LogP) is 2.70. The van der Waals surface area contributed by atoms with Crippen molar-refractivity contribution in [2.75, 3.05) is 13.7 Å². The van der Waals surface area contributed by atoms with Crippen molar-refractivity contribution >= 4 is 0 Å². The number of hydrogen-bond donors (Lipinski definition) is 1. The van der Waals surface area contributed by atoms with E-state index >= 15 is 0 Å². The first-order valence-corrected chi connectivity index (χ1v) is 5.87. The Morgan fingerprint density at radius 3 is 2.50 bits per heavy atom. The van der Waals surface area contributed by atoms with Gasteiger partial charge in [0.2, 0.25) is 0 Å². The monoisotopic (exact) mass is 219 g/mol. The Bertz CT molecular complexity index is 398. The van der Waals surface area contributed by atoms with E-state index < -0.39 is 0 Å². The predicted molar refractivity (Wildman–Crippen MR) is 66.8 cm³/mol. The lowest BCUT2D eigenvalue weighted by Gasteiger charge is -2.09. The summed E-state index contributed by atoms with van der Waals surface area (Å²) in [6.45, 7) is 7.54. The summed E-state index contributed by atoms with van der Waals surface area (Å²) in [5.41, 5.74) is 8.92. The molecule has 2 heteroatoms. The molecule has 0 aromatic heterocycles. The van der Waals surface area contributed by atoms with E-state index in [1.54, 1.807) is 7.11 Å². The van der Waals surface area contributed by atoms with Gasteiger partial charge in [0.15, 0.2) is 0 Å². The summed E-state index contributed by atoms with van der Waals surface area (Å²) >= 11 is 0. The average Bonchev–Trinajstić information content (AvgIpc) is 2.80. The summed E-state index contributed by atoms with van der Waals surface area (Å²) in [7, 11) is 1.71. The fourth-order valence-corrected chi connectivity index (χ4v) is 2.93. The Morgan fingerprint density at radius 2 is 2.06 bits per heavy atom. The van der Waals surface area contributed by atoms with Gasteiger partial charge in [-0.1, -0.05) is 19.9 Å². The summed E-state index contributed by atoms with van der Waals surface area (Å²) in [5, 5.41) is 0. The van der Waals surface area contributed by atoms with Gasteiger partial charge in [0, 0.05) is 0 Å². The van der Waals surface area contributed by atoms with Crippen molar-refractivity contribution in [1.29, 1.82) is 0 Å². The second-order valence-electron chi connectivity index (χ2n) is 5.36. The Balaban J connectivity index is 2.30. The normalized spacial score (nSPS) is 26.6. The molecule has 0 spiro atoms. The minimum Gasteiger partial charge on any atom is -0.497 e. The SMILES string of the molecule is COc1ccc([C@@H]2[C@@H](CN)C2(C)C)c(C)c1. The van der Waals surface area contributed by atoms with Gasteiger partial charge >= 0.3 is 0 Å². The van der Waals surface area contributed by atoms with Gasteiger partial charge in [0.05, 0.1) is 7.11 Å². The molecule has 2 N–H and O–H groups in total. The van der Waals surface area contributed by atoms with Crippen LogP contribution in [0.15, 0.2) is 18.2 Å². The first kappa shape index (κ1) is 11.5. The van der Waals surface area contributed by atoms with Crippen LogP contribution in [-0.4, -0.2) is 13.7 Å². The number of nitrogens with two attached hydrogens (primary N) is 1. The van der Waals surface area contributed by atoms with Crippen molar-refractivity contribution in [2.45, 2.75) is 26.7 Å². The molecule has 1 aliphatic rings. The molecule has 1 aromatic rings. The Kier molecular flexibility index (Phi) is 2.70. The quantitative estimate of drug-likeness (QED) is 0.848. The van der Waals surface area contributed by atoms with Crippen molar-refractivity contribution in [3.8, 4) is 5.75 Å². The van der Waals surface area contributed by atoms with E-state index in [0.29, 0.717) is 17.3 Å². The van der Waals surface area contributed by atoms with E-state index in [4.69, 9.17) is 10.5 Å². The zero-order chi connectivity index (χ0) is 11.9. The standard InChI is InChI=1S/C14H21NO/c1-9-7-10(16-4)5-6-11(9)13-12(8-15)14(13,2)3/h5-7,12-13H,8,15H2,1-4H3/t12-,13-/m1/s1. The zero-order valence-corrected chi connectivity index (χ0v) is 10.6. The third kappa shape index (κ3) is 1.61. The van der Waals surface area contributed by atoms with E-state index in [0.717, 1.165) is 12.3 Å². The smallest absolute Gasteiger partial charge is 0.119 e. The number of rotatable bonds is 3. The molecule has 88 valence electrons. The van der Waals surface area contributed by atoms with Crippen molar-refractivity contribution in [1.82, 2.24) is 0 Å². The van der Waals surface area contributed by atoms with E-state index in [2.05, 4.69) is 32.9 Å². The second-order valence-corrected chi connectivity index (χ2v) is 5.36. The first-order chi connectivity index (χ1) is 7.52. The van der Waals surface area contributed by atoms with Gasteiger partial charge in [-0.25, -0.2) is 0 Å². The highest BCUT2D eigenvalue weighted by Gasteiger charge is 2.57. The van der Waals surface area contributed by atoms with Crippen LogP contribution in [-0.2, 0) is 0 Å². The maximum absolute atomic E-state index is 5.82. The Morgan fingerprint density at radius 1 is 1.38 bits per heavy atom. The molecule has 0 aliphatic heterocycles. The maximum Gasteiger partial charge on any atom is 0.119 e. The van der Waals surface area contributed by atoms with Gasteiger partial charge in [-0.15, -0.1) is 0 Å². The molecule has 2 rings (SSSR count). The largest absolute Gasteiger partial charge is 0.497 e. The van der Waals surface area contributed by atoms with Gasteiger partial charge in [-0.2, -0.15) is 0 Å². The molecule has 2 nitrogen and oxygen atoms in total. The van der Waals surface area contributed by atoms with E-state index in [1.807, 2.05) is 6.07 Å². The third-order valence-electron chi connectivity index (χ3n) is 4.12. The molecule has 0 unspecified atom stereocenters. The van der Waals surface area contributed by atoms with Gasteiger partial charge in [-0.05, 0) is 54.0 Å². The van der Waals surface area contributed by atoms with E-state index in [9.17, 15) is 0 Å². The molecular formula is C14H21NO. The van der Waals surface area contributed by atoms with E-state index in [1.165, 1.54) is 11.1 Å². The molecule has 16 heavy (non-hydrogen) atoms. The molecule has 1 fully saturated rings. The lowest BCUT2D eigenvalue weighted by molar-refractivity contribution is 0.414. The topological polar surface area (TPSA) is 35.2 Å². The number of aryl methyl sites for hydroxylation is 1. The molecule has 1 aliphatic carbocycles. The van der Waals surface area contributed by atoms with Crippen LogP contribution >= 0.6 is 0 Å². The summed E-state index contributed by atoms with van der Waals surface area (Å²) in [5.74, 6) is 2.17. The van der Waals surface area contributed by atoms with Crippen molar-refractivity contribution in [3.63, 3.8) is 0 Å². The molecule has 0 heterocycles. The van der Waals surface area contributed by atoms with Crippen LogP contribution < -0.4 is 10.5 Å². The van der Waals surface area contributed by atoms with Crippen molar-refractivity contribution in [3.05, 3.63) is 29.3 Å². The number of methoxy groups -OCH3 is 1. The van der Waals surface area contributed by atoms with Crippen LogP contribution in [0.4, 0.5) is 0 Å². The molecule has 1 aromatic carbocycles. The van der Waals surface area contributed by atoms with Crippen LogP contribution in [0.5, 0.6) is 5.75 Å². The van der Waals surface area contributed by atoms with Crippen LogP contribution in [0.2, 0.25) is 0 Å². The van der Waals surface area contributed by atoms with Crippen LogP contribution in [0.1, 0.15) is 30.9 Å². The van der Waals surface area contributed by atoms with Crippen LogP contribution in [0.25, 0.3) is 0 Å². The van der Waals surface area contributed by atoms with Crippen LogP contribution in [0.3, 0.4) is 0 Å². The molecule has 0 amide bonds. The highest BCUT2D eigenvalue weighted by atomic mass is 16.5. The Hall–Kier alpha value is -1.02. The Labute approximate surface area is 97.8 Å². The van der Waals surface area contributed by atoms with Crippen LogP contribution in [0, 0.1) is 18.3 Å². The molecule has 1 saturated carbocycles. The summed E-state index contributed by atoms with van der Waals surface area (Å²) in [6.07, 6.45) is 0. The third-order valence-corrected chi connectivity index (χ3v) is 4.12. The summed E-state index contributed by atoms with van der Waals surface area (Å²) < 4.78 is 5.23. The van der Waals surface area contributed by atoms with Crippen molar-refractivity contribution < 1.29 is 4.74 Å². The van der Waals surface area contributed by atoms with Gasteiger partial charge < -0.3 is 10.5 Å². The highest BCUT2D eigenvalue weighted by molar-refractivity contribution is 5.42.